The first kappa shape index (κ1) is 23.5. The number of piperazine rings is 1. The first-order chi connectivity index (χ1) is 16.2. The van der Waals surface area contributed by atoms with Crippen LogP contribution in [0, 0.1) is 5.92 Å². The van der Waals surface area contributed by atoms with Crippen LogP contribution >= 0.6 is 0 Å². The third kappa shape index (κ3) is 6.22. The zero-order chi connectivity index (χ0) is 23.0. The second-order valence-corrected chi connectivity index (χ2v) is 9.12. The third-order valence-corrected chi connectivity index (χ3v) is 6.90. The van der Waals surface area contributed by atoms with Gasteiger partial charge in [-0.25, -0.2) is 9.97 Å². The van der Waals surface area contributed by atoms with Crippen LogP contribution in [0.4, 0.5) is 5.95 Å². The molecule has 7 nitrogen and oxygen atoms in total. The van der Waals surface area contributed by atoms with Crippen molar-refractivity contribution in [1.82, 2.24) is 19.8 Å². The van der Waals surface area contributed by atoms with Crippen LogP contribution in [-0.4, -0.2) is 71.0 Å². The lowest BCUT2D eigenvalue weighted by molar-refractivity contribution is -0.137. The molecule has 0 aliphatic carbocycles. The number of carbonyl (C=O) groups is 1. The first-order valence-corrected chi connectivity index (χ1v) is 12.4. The summed E-state index contributed by atoms with van der Waals surface area (Å²) in [6.07, 6.45) is 7.44. The molecule has 0 radical (unpaired) electrons. The number of piperidine rings is 1. The van der Waals surface area contributed by atoms with Crippen molar-refractivity contribution in [2.24, 2.45) is 5.92 Å². The predicted octanol–water partition coefficient (Wildman–Crippen LogP) is 3.60. The Morgan fingerprint density at radius 3 is 2.36 bits per heavy atom. The number of hydrogen-bond donors (Lipinski definition) is 0. The Balaban J connectivity index is 1.24. The maximum Gasteiger partial charge on any atom is 0.225 e. The van der Waals surface area contributed by atoms with Crippen LogP contribution in [0.5, 0.6) is 5.75 Å². The van der Waals surface area contributed by atoms with E-state index in [0.29, 0.717) is 5.91 Å². The van der Waals surface area contributed by atoms with Crippen LogP contribution in [-0.2, 0) is 11.3 Å². The molecule has 0 unspecified atom stereocenters. The lowest BCUT2D eigenvalue weighted by Gasteiger charge is -2.35. The molecule has 1 aromatic heterocycles. The van der Waals surface area contributed by atoms with E-state index >= 15 is 0 Å². The van der Waals surface area contributed by atoms with E-state index in [1.807, 2.05) is 11.0 Å². The van der Waals surface area contributed by atoms with Crippen molar-refractivity contribution < 1.29 is 9.53 Å². The van der Waals surface area contributed by atoms with Gasteiger partial charge in [0, 0.05) is 77.0 Å². The van der Waals surface area contributed by atoms with E-state index in [4.69, 9.17) is 4.74 Å². The highest BCUT2D eigenvalue weighted by Crippen LogP contribution is 2.23. The van der Waals surface area contributed by atoms with Crippen molar-refractivity contribution in [1.29, 1.82) is 0 Å². The van der Waals surface area contributed by atoms with Gasteiger partial charge < -0.3 is 14.5 Å². The summed E-state index contributed by atoms with van der Waals surface area (Å²) in [7, 11) is 0. The maximum absolute atomic E-state index is 12.6. The van der Waals surface area contributed by atoms with Crippen LogP contribution in [0.25, 0.3) is 0 Å². The van der Waals surface area contributed by atoms with Crippen LogP contribution < -0.4 is 9.64 Å². The Morgan fingerprint density at radius 2 is 1.70 bits per heavy atom. The molecule has 2 aromatic rings. The molecule has 1 amide bonds. The van der Waals surface area contributed by atoms with Gasteiger partial charge in [-0.1, -0.05) is 26.0 Å². The fraction of sp³-hybridized carbons (Fsp3) is 0.577. The summed E-state index contributed by atoms with van der Waals surface area (Å²) in [5.41, 5.74) is 1.28. The van der Waals surface area contributed by atoms with E-state index in [1.165, 1.54) is 5.56 Å². The average Bonchev–Trinajstić information content (AvgIpc) is 2.86. The number of amides is 1. The fourth-order valence-corrected chi connectivity index (χ4v) is 4.82. The highest BCUT2D eigenvalue weighted by atomic mass is 16.5. The normalized spacial score (nSPS) is 18.0. The Kier molecular flexibility index (Phi) is 8.15. The van der Waals surface area contributed by atoms with Crippen LogP contribution in [0.1, 0.15) is 45.1 Å². The largest absolute Gasteiger partial charge is 0.490 e. The molecule has 178 valence electrons. The minimum atomic E-state index is 0.168. The van der Waals surface area contributed by atoms with Gasteiger partial charge in [-0.05, 0) is 36.6 Å². The molecule has 0 atom stereocenters. The molecule has 7 heteroatoms. The van der Waals surface area contributed by atoms with E-state index in [1.54, 1.807) is 12.4 Å². The fourth-order valence-electron chi connectivity index (χ4n) is 4.82. The molecule has 0 saturated carbocycles. The van der Waals surface area contributed by atoms with E-state index < -0.39 is 0 Å². The van der Waals surface area contributed by atoms with E-state index in [9.17, 15) is 4.79 Å². The number of anilines is 1. The van der Waals surface area contributed by atoms with Crippen LogP contribution in [0.3, 0.4) is 0 Å². The number of rotatable bonds is 8. The third-order valence-electron chi connectivity index (χ3n) is 6.90. The molecule has 1 aromatic carbocycles. The van der Waals surface area contributed by atoms with Crippen LogP contribution in [0.2, 0.25) is 0 Å². The zero-order valence-electron chi connectivity index (χ0n) is 20.0. The van der Waals surface area contributed by atoms with Gasteiger partial charge in [-0.3, -0.25) is 9.69 Å². The number of aromatic nitrogens is 2. The number of carbonyl (C=O) groups excluding carboxylic acids is 1. The van der Waals surface area contributed by atoms with E-state index in [2.05, 4.69) is 57.9 Å². The zero-order valence-corrected chi connectivity index (χ0v) is 20.0. The van der Waals surface area contributed by atoms with Crippen molar-refractivity contribution >= 4 is 11.9 Å². The van der Waals surface area contributed by atoms with E-state index in [-0.39, 0.29) is 12.0 Å². The van der Waals surface area contributed by atoms with Crippen molar-refractivity contribution in [2.75, 3.05) is 44.2 Å². The maximum atomic E-state index is 12.6. The highest BCUT2D eigenvalue weighted by molar-refractivity contribution is 5.78. The number of benzene rings is 1. The monoisotopic (exact) mass is 451 g/mol. The molecule has 0 spiro atoms. The summed E-state index contributed by atoms with van der Waals surface area (Å²) in [5.74, 6) is 2.24. The summed E-state index contributed by atoms with van der Waals surface area (Å²) in [5, 5.41) is 0. The molecule has 2 saturated heterocycles. The van der Waals surface area contributed by atoms with Gasteiger partial charge in [0.05, 0.1) is 0 Å². The number of nitrogens with zero attached hydrogens (tertiary/aromatic N) is 5. The van der Waals surface area contributed by atoms with Gasteiger partial charge in [0.15, 0.2) is 0 Å². The standard InChI is InChI=1S/C26H37N5O2/c1-3-22(4-2)25(32)30-13-9-23(10-14-30)33-24-8-5-7-21(19-24)20-29-15-17-31(18-16-29)26-27-11-6-12-28-26/h5-8,11-12,19,22-23H,3-4,9-10,13-18,20H2,1-2H3. The molecule has 3 heterocycles. The molecule has 2 fully saturated rings. The Hall–Kier alpha value is -2.67. The second kappa shape index (κ2) is 11.5. The summed E-state index contributed by atoms with van der Waals surface area (Å²) in [6, 6.07) is 10.3. The van der Waals surface area contributed by atoms with Gasteiger partial charge >= 0.3 is 0 Å². The van der Waals surface area contributed by atoms with Crippen molar-refractivity contribution in [3.8, 4) is 5.75 Å². The van der Waals surface area contributed by atoms with Crippen LogP contribution in [0.15, 0.2) is 42.7 Å². The molecular weight excluding hydrogens is 414 g/mol. The van der Waals surface area contributed by atoms with Crippen molar-refractivity contribution in [2.45, 2.75) is 52.2 Å². The molecule has 2 aliphatic rings. The predicted molar refractivity (Wildman–Crippen MR) is 130 cm³/mol. The molecule has 33 heavy (non-hydrogen) atoms. The average molecular weight is 452 g/mol. The smallest absolute Gasteiger partial charge is 0.225 e. The Labute approximate surface area is 197 Å². The Morgan fingerprint density at radius 1 is 1.00 bits per heavy atom. The van der Waals surface area contributed by atoms with E-state index in [0.717, 1.165) is 83.2 Å². The minimum absolute atomic E-state index is 0.168. The minimum Gasteiger partial charge on any atom is -0.490 e. The molecule has 0 bridgehead atoms. The highest BCUT2D eigenvalue weighted by Gasteiger charge is 2.27. The topological polar surface area (TPSA) is 61.8 Å². The summed E-state index contributed by atoms with van der Waals surface area (Å²) < 4.78 is 6.32. The SMILES string of the molecule is CCC(CC)C(=O)N1CCC(Oc2cccc(CN3CCN(c4ncccn4)CC3)c2)CC1. The van der Waals surface area contributed by atoms with Gasteiger partial charge in [0.25, 0.3) is 0 Å². The van der Waals surface area contributed by atoms with Gasteiger partial charge in [0.2, 0.25) is 11.9 Å². The van der Waals surface area contributed by atoms with Gasteiger partial charge in [0.1, 0.15) is 11.9 Å². The van der Waals surface area contributed by atoms with Gasteiger partial charge in [-0.2, -0.15) is 0 Å². The van der Waals surface area contributed by atoms with Crippen molar-refractivity contribution in [3.05, 3.63) is 48.3 Å². The number of likely N-dealkylation sites (tertiary alicyclic amines) is 1. The quantitative estimate of drug-likeness (QED) is 0.611. The number of hydrogen-bond acceptors (Lipinski definition) is 6. The molecule has 0 N–H and O–H groups in total. The summed E-state index contributed by atoms with van der Waals surface area (Å²) in [6.45, 7) is 10.6. The van der Waals surface area contributed by atoms with Gasteiger partial charge in [-0.15, -0.1) is 0 Å². The summed E-state index contributed by atoms with van der Waals surface area (Å²) in [4.78, 5) is 28.1. The number of ether oxygens (including phenoxy) is 1. The molecule has 2 aliphatic heterocycles. The lowest BCUT2D eigenvalue weighted by Crippen LogP contribution is -2.46. The second-order valence-electron chi connectivity index (χ2n) is 9.12. The first-order valence-electron chi connectivity index (χ1n) is 12.4. The lowest BCUT2D eigenvalue weighted by atomic mass is 9.99. The molecular formula is C26H37N5O2. The summed E-state index contributed by atoms with van der Waals surface area (Å²) >= 11 is 0. The molecule has 4 rings (SSSR count). The van der Waals surface area contributed by atoms with Crippen molar-refractivity contribution in [3.63, 3.8) is 0 Å². The Bertz CT molecular complexity index is 873.